The number of aromatic hydroxyl groups is 2. The number of carboxylic acids is 1. The van der Waals surface area contributed by atoms with Crippen molar-refractivity contribution in [3.63, 3.8) is 0 Å². The molecule has 0 amide bonds. The van der Waals surface area contributed by atoms with Gasteiger partial charge in [-0.1, -0.05) is 0 Å². The summed E-state index contributed by atoms with van der Waals surface area (Å²) in [5.74, 6) is -3.22. The Hall–Kier alpha value is -1.98. The minimum Gasteiger partial charge on any atom is -0.504 e. The van der Waals surface area contributed by atoms with Crippen molar-refractivity contribution in [2.24, 2.45) is 0 Å². The lowest BCUT2D eigenvalue weighted by Gasteiger charge is -2.18. The van der Waals surface area contributed by atoms with Gasteiger partial charge in [0.25, 0.3) is 0 Å². The molecule has 18 heavy (non-hydrogen) atoms. The van der Waals surface area contributed by atoms with Crippen LogP contribution in [0.5, 0.6) is 17.2 Å². The normalized spacial score (nSPS) is 16.3. The Bertz CT molecular complexity index is 508. The molecule has 0 heterocycles. The van der Waals surface area contributed by atoms with Crippen LogP contribution in [0.3, 0.4) is 0 Å². The number of methoxy groups -OCH3 is 1. The van der Waals surface area contributed by atoms with Crippen LogP contribution in [0.1, 0.15) is 24.8 Å². The van der Waals surface area contributed by atoms with E-state index in [1.165, 1.54) is 7.11 Å². The predicted molar refractivity (Wildman–Crippen MR) is 59.4 cm³/mol. The number of benzene rings is 1. The van der Waals surface area contributed by atoms with Crippen molar-refractivity contribution in [1.29, 1.82) is 0 Å². The summed E-state index contributed by atoms with van der Waals surface area (Å²) in [6.45, 7) is 0. The van der Waals surface area contributed by atoms with Gasteiger partial charge in [0.15, 0.2) is 23.1 Å². The summed E-state index contributed by atoms with van der Waals surface area (Å²) in [6, 6.07) is 0.963. The predicted octanol–water partition coefficient (Wildman–Crippen LogP) is 1.75. The van der Waals surface area contributed by atoms with Gasteiger partial charge in [-0.3, -0.25) is 4.79 Å². The average molecular weight is 256 g/mol. The fraction of sp³-hybridized carbons (Fsp3) is 0.417. The molecular formula is C12H13FO5. The third kappa shape index (κ3) is 1.83. The molecule has 0 aliphatic heterocycles. The molecule has 5 nitrogen and oxygen atoms in total. The Labute approximate surface area is 102 Å². The maximum Gasteiger partial charge on any atom is 0.304 e. The molecule has 1 aliphatic carbocycles. The number of aliphatic carboxylic acids is 1. The Morgan fingerprint density at radius 2 is 2.11 bits per heavy atom. The van der Waals surface area contributed by atoms with E-state index in [-0.39, 0.29) is 17.7 Å². The second kappa shape index (κ2) is 4.04. The zero-order chi connectivity index (χ0) is 13.5. The van der Waals surface area contributed by atoms with Crippen molar-refractivity contribution in [3.8, 4) is 17.2 Å². The number of phenolic OH excluding ortho intramolecular Hbond substituents is 2. The smallest absolute Gasteiger partial charge is 0.304 e. The van der Waals surface area contributed by atoms with Crippen LogP contribution in [-0.2, 0) is 10.2 Å². The molecule has 0 spiro atoms. The van der Waals surface area contributed by atoms with Crippen LogP contribution >= 0.6 is 0 Å². The van der Waals surface area contributed by atoms with Crippen LogP contribution in [0.15, 0.2) is 6.07 Å². The molecule has 0 unspecified atom stereocenters. The minimum absolute atomic E-state index is 0.165. The Morgan fingerprint density at radius 3 is 2.56 bits per heavy atom. The summed E-state index contributed by atoms with van der Waals surface area (Å²) in [4.78, 5) is 10.8. The van der Waals surface area contributed by atoms with Crippen molar-refractivity contribution < 1.29 is 29.2 Å². The zero-order valence-corrected chi connectivity index (χ0v) is 9.73. The quantitative estimate of drug-likeness (QED) is 0.714. The Balaban J connectivity index is 2.56. The van der Waals surface area contributed by atoms with Gasteiger partial charge in [0.1, 0.15) is 0 Å². The summed E-state index contributed by atoms with van der Waals surface area (Å²) < 4.78 is 18.9. The molecule has 6 heteroatoms. The van der Waals surface area contributed by atoms with Crippen LogP contribution in [0, 0.1) is 5.82 Å². The van der Waals surface area contributed by atoms with Gasteiger partial charge in [0, 0.05) is 17.0 Å². The second-order valence-corrected chi connectivity index (χ2v) is 4.49. The third-order valence-electron chi connectivity index (χ3n) is 3.28. The first kappa shape index (κ1) is 12.5. The van der Waals surface area contributed by atoms with E-state index in [9.17, 15) is 19.4 Å². The van der Waals surface area contributed by atoms with E-state index in [2.05, 4.69) is 0 Å². The summed E-state index contributed by atoms with van der Waals surface area (Å²) in [5.41, 5.74) is -1.10. The number of hydrogen-bond donors (Lipinski definition) is 3. The van der Waals surface area contributed by atoms with Crippen LogP contribution in [-0.4, -0.2) is 28.4 Å². The molecule has 0 bridgehead atoms. The maximum atomic E-state index is 14.1. The summed E-state index contributed by atoms with van der Waals surface area (Å²) in [7, 11) is 1.23. The standard InChI is InChI=1S/C12H13FO5/c1-18-7-4-6(14)11(17)9(10(7)13)12(2-3-12)5-8(15)16/h4,14,17H,2-3,5H2,1H3,(H,15,16). The molecular weight excluding hydrogens is 243 g/mol. The van der Waals surface area contributed by atoms with Crippen molar-refractivity contribution in [2.45, 2.75) is 24.7 Å². The molecule has 0 atom stereocenters. The lowest BCUT2D eigenvalue weighted by atomic mass is 9.90. The lowest BCUT2D eigenvalue weighted by molar-refractivity contribution is -0.137. The van der Waals surface area contributed by atoms with Gasteiger partial charge in [0.05, 0.1) is 13.5 Å². The van der Waals surface area contributed by atoms with Gasteiger partial charge in [-0.05, 0) is 12.8 Å². The van der Waals surface area contributed by atoms with Gasteiger partial charge in [-0.15, -0.1) is 0 Å². The number of halogens is 1. The highest BCUT2D eigenvalue weighted by molar-refractivity contribution is 5.71. The molecule has 0 radical (unpaired) electrons. The molecule has 1 aromatic rings. The Kier molecular flexibility index (Phi) is 2.80. The van der Waals surface area contributed by atoms with E-state index >= 15 is 0 Å². The number of carbonyl (C=O) groups is 1. The first-order valence-electron chi connectivity index (χ1n) is 5.42. The van der Waals surface area contributed by atoms with E-state index < -0.39 is 28.7 Å². The van der Waals surface area contributed by atoms with Crippen LogP contribution in [0.25, 0.3) is 0 Å². The molecule has 1 fully saturated rings. The van der Waals surface area contributed by atoms with E-state index in [1.54, 1.807) is 0 Å². The first-order chi connectivity index (χ1) is 8.41. The second-order valence-electron chi connectivity index (χ2n) is 4.49. The number of carboxylic acid groups (broad SMARTS) is 1. The number of phenols is 2. The topological polar surface area (TPSA) is 87.0 Å². The number of rotatable bonds is 4. The molecule has 98 valence electrons. The average Bonchev–Trinajstić information content (AvgIpc) is 3.03. The molecule has 0 aromatic heterocycles. The zero-order valence-electron chi connectivity index (χ0n) is 9.73. The molecule has 0 saturated heterocycles. The number of hydrogen-bond acceptors (Lipinski definition) is 4. The van der Waals surface area contributed by atoms with Crippen LogP contribution in [0.4, 0.5) is 4.39 Å². The van der Waals surface area contributed by atoms with E-state index in [1.807, 2.05) is 0 Å². The Morgan fingerprint density at radius 1 is 1.50 bits per heavy atom. The maximum absolute atomic E-state index is 14.1. The largest absolute Gasteiger partial charge is 0.504 e. The highest BCUT2D eigenvalue weighted by atomic mass is 19.1. The summed E-state index contributed by atoms with van der Waals surface area (Å²) in [6.07, 6.45) is 0.622. The molecule has 2 rings (SSSR count). The van der Waals surface area contributed by atoms with Gasteiger partial charge in [-0.25, -0.2) is 4.39 Å². The lowest BCUT2D eigenvalue weighted by Crippen LogP contribution is -2.15. The highest BCUT2D eigenvalue weighted by Gasteiger charge is 2.50. The van der Waals surface area contributed by atoms with Gasteiger partial charge in [-0.2, -0.15) is 0 Å². The van der Waals surface area contributed by atoms with Crippen LogP contribution in [0.2, 0.25) is 0 Å². The van der Waals surface area contributed by atoms with Crippen molar-refractivity contribution >= 4 is 5.97 Å². The highest BCUT2D eigenvalue weighted by Crippen LogP contribution is 2.57. The molecule has 3 N–H and O–H groups in total. The van der Waals surface area contributed by atoms with Gasteiger partial charge < -0.3 is 20.1 Å². The monoisotopic (exact) mass is 256 g/mol. The van der Waals surface area contributed by atoms with Gasteiger partial charge >= 0.3 is 5.97 Å². The molecule has 1 saturated carbocycles. The van der Waals surface area contributed by atoms with E-state index in [4.69, 9.17) is 9.84 Å². The first-order valence-corrected chi connectivity index (χ1v) is 5.42. The van der Waals surface area contributed by atoms with Gasteiger partial charge in [0.2, 0.25) is 0 Å². The molecule has 1 aromatic carbocycles. The van der Waals surface area contributed by atoms with Crippen molar-refractivity contribution in [2.75, 3.05) is 7.11 Å². The van der Waals surface area contributed by atoms with Crippen molar-refractivity contribution in [1.82, 2.24) is 0 Å². The van der Waals surface area contributed by atoms with Crippen molar-refractivity contribution in [3.05, 3.63) is 17.4 Å². The summed E-state index contributed by atoms with van der Waals surface area (Å²) >= 11 is 0. The summed E-state index contributed by atoms with van der Waals surface area (Å²) in [5, 5.41) is 28.1. The molecule has 1 aliphatic rings. The van der Waals surface area contributed by atoms with E-state index in [0.717, 1.165) is 6.07 Å². The fourth-order valence-electron chi connectivity index (χ4n) is 2.20. The SMILES string of the molecule is COc1cc(O)c(O)c(C2(CC(=O)O)CC2)c1F. The minimum atomic E-state index is -1.08. The van der Waals surface area contributed by atoms with Crippen LogP contribution < -0.4 is 4.74 Å². The third-order valence-corrected chi connectivity index (χ3v) is 3.28. The van der Waals surface area contributed by atoms with E-state index in [0.29, 0.717) is 12.8 Å². The fourth-order valence-corrected chi connectivity index (χ4v) is 2.20. The number of ether oxygens (including phenoxy) is 1.